The maximum absolute atomic E-state index is 12.1. The van der Waals surface area contributed by atoms with Crippen molar-refractivity contribution in [1.29, 1.82) is 0 Å². The molecule has 0 radical (unpaired) electrons. The Morgan fingerprint density at radius 2 is 1.78 bits per heavy atom. The fourth-order valence-corrected chi connectivity index (χ4v) is 1.98. The van der Waals surface area contributed by atoms with Crippen LogP contribution >= 0.6 is 0 Å². The highest BCUT2D eigenvalue weighted by Crippen LogP contribution is 2.07. The van der Waals surface area contributed by atoms with Gasteiger partial charge in [0.2, 0.25) is 11.5 Å². The van der Waals surface area contributed by atoms with Gasteiger partial charge in [0.15, 0.2) is 0 Å². The molecule has 0 spiro atoms. The summed E-state index contributed by atoms with van der Waals surface area (Å²) >= 11 is 0. The molecule has 2 amide bonds. The summed E-state index contributed by atoms with van der Waals surface area (Å²) in [6.45, 7) is 3.62. The molecular formula is C12H15N3O3. The third-order valence-corrected chi connectivity index (χ3v) is 3.03. The Bertz CT molecular complexity index is 515. The lowest BCUT2D eigenvalue weighted by Gasteiger charge is -2.34. The summed E-state index contributed by atoms with van der Waals surface area (Å²) in [5, 5.41) is 0. The van der Waals surface area contributed by atoms with Crippen LogP contribution < -0.4 is 5.56 Å². The molecule has 1 aromatic rings. The fraction of sp³-hybridized carbons (Fsp3) is 0.417. The standard InChI is InChI=1S/C12H15N3O3/c1-9(16)14-4-6-15(7-5-14)12(18)10-2-3-13-11(17)8-10/h2-3,8H,4-7H2,1H3,(H,13,17). The molecule has 0 aromatic carbocycles. The number of pyridine rings is 1. The highest BCUT2D eigenvalue weighted by atomic mass is 16.2. The van der Waals surface area contributed by atoms with Crippen LogP contribution in [0.3, 0.4) is 0 Å². The minimum atomic E-state index is -0.289. The summed E-state index contributed by atoms with van der Waals surface area (Å²) in [4.78, 5) is 40.2. The first kappa shape index (κ1) is 12.3. The first-order chi connectivity index (χ1) is 8.58. The van der Waals surface area contributed by atoms with Gasteiger partial charge in [0.1, 0.15) is 0 Å². The predicted molar refractivity (Wildman–Crippen MR) is 65.2 cm³/mol. The van der Waals surface area contributed by atoms with E-state index in [2.05, 4.69) is 4.98 Å². The molecule has 0 aliphatic carbocycles. The smallest absolute Gasteiger partial charge is 0.254 e. The van der Waals surface area contributed by atoms with Crippen molar-refractivity contribution in [3.8, 4) is 0 Å². The molecule has 2 rings (SSSR count). The quantitative estimate of drug-likeness (QED) is 0.741. The van der Waals surface area contributed by atoms with E-state index in [-0.39, 0.29) is 17.4 Å². The molecule has 6 heteroatoms. The second kappa shape index (κ2) is 5.03. The van der Waals surface area contributed by atoms with Crippen molar-refractivity contribution in [2.45, 2.75) is 6.92 Å². The van der Waals surface area contributed by atoms with E-state index in [1.54, 1.807) is 15.9 Å². The maximum Gasteiger partial charge on any atom is 0.254 e. The number of piperazine rings is 1. The van der Waals surface area contributed by atoms with Crippen molar-refractivity contribution in [2.24, 2.45) is 0 Å². The second-order valence-corrected chi connectivity index (χ2v) is 4.24. The number of hydrogen-bond acceptors (Lipinski definition) is 3. The second-order valence-electron chi connectivity index (χ2n) is 4.24. The van der Waals surface area contributed by atoms with Gasteiger partial charge in [-0.25, -0.2) is 0 Å². The van der Waals surface area contributed by atoms with Crippen molar-refractivity contribution in [3.63, 3.8) is 0 Å². The molecule has 1 aliphatic rings. The van der Waals surface area contributed by atoms with Crippen molar-refractivity contribution in [1.82, 2.24) is 14.8 Å². The number of aromatic amines is 1. The topological polar surface area (TPSA) is 73.5 Å². The number of carbonyl (C=O) groups excluding carboxylic acids is 2. The van der Waals surface area contributed by atoms with Crippen LogP contribution in [-0.2, 0) is 4.79 Å². The van der Waals surface area contributed by atoms with Gasteiger partial charge in [-0.2, -0.15) is 0 Å². The van der Waals surface area contributed by atoms with E-state index in [9.17, 15) is 14.4 Å². The van der Waals surface area contributed by atoms with Crippen LogP contribution in [-0.4, -0.2) is 52.8 Å². The van der Waals surface area contributed by atoms with Crippen LogP contribution in [0.5, 0.6) is 0 Å². The Morgan fingerprint density at radius 1 is 1.17 bits per heavy atom. The number of hydrogen-bond donors (Lipinski definition) is 1. The maximum atomic E-state index is 12.1. The molecule has 0 unspecified atom stereocenters. The van der Waals surface area contributed by atoms with E-state index < -0.39 is 0 Å². The summed E-state index contributed by atoms with van der Waals surface area (Å²) in [5.41, 5.74) is 0.0956. The summed E-state index contributed by atoms with van der Waals surface area (Å²) < 4.78 is 0. The zero-order valence-electron chi connectivity index (χ0n) is 10.2. The average molecular weight is 249 g/mol. The van der Waals surface area contributed by atoms with E-state index in [1.807, 2.05) is 0 Å². The molecule has 1 aliphatic heterocycles. The summed E-state index contributed by atoms with van der Waals surface area (Å²) in [7, 11) is 0. The molecular weight excluding hydrogens is 234 g/mol. The van der Waals surface area contributed by atoms with Crippen LogP contribution in [0, 0.1) is 0 Å². The van der Waals surface area contributed by atoms with Gasteiger partial charge in [-0.3, -0.25) is 14.4 Å². The number of aromatic nitrogens is 1. The van der Waals surface area contributed by atoms with Gasteiger partial charge in [0, 0.05) is 50.9 Å². The predicted octanol–water partition coefficient (Wildman–Crippen LogP) is -0.321. The first-order valence-electron chi connectivity index (χ1n) is 5.81. The highest BCUT2D eigenvalue weighted by molar-refractivity contribution is 5.94. The molecule has 1 saturated heterocycles. The molecule has 0 bridgehead atoms. The Labute approximate surface area is 104 Å². The highest BCUT2D eigenvalue weighted by Gasteiger charge is 2.23. The van der Waals surface area contributed by atoms with Crippen molar-refractivity contribution >= 4 is 11.8 Å². The SMILES string of the molecule is CC(=O)N1CCN(C(=O)c2cc[nH]c(=O)c2)CC1. The number of carbonyl (C=O) groups is 2. The lowest BCUT2D eigenvalue weighted by molar-refractivity contribution is -0.130. The zero-order valence-corrected chi connectivity index (χ0v) is 10.2. The van der Waals surface area contributed by atoms with Crippen molar-refractivity contribution in [3.05, 3.63) is 34.2 Å². The van der Waals surface area contributed by atoms with Crippen LogP contribution in [0.25, 0.3) is 0 Å². The molecule has 1 aromatic heterocycles. The number of amides is 2. The van der Waals surface area contributed by atoms with Crippen LogP contribution in [0.1, 0.15) is 17.3 Å². The van der Waals surface area contributed by atoms with Gasteiger partial charge in [-0.15, -0.1) is 0 Å². The summed E-state index contributed by atoms with van der Waals surface area (Å²) in [6, 6.07) is 2.88. The molecule has 0 atom stereocenters. The molecule has 1 fully saturated rings. The number of rotatable bonds is 1. The zero-order chi connectivity index (χ0) is 13.1. The Hall–Kier alpha value is -2.11. The molecule has 96 valence electrons. The van der Waals surface area contributed by atoms with Gasteiger partial charge in [0.05, 0.1) is 0 Å². The molecule has 18 heavy (non-hydrogen) atoms. The monoisotopic (exact) mass is 249 g/mol. The van der Waals surface area contributed by atoms with E-state index in [1.165, 1.54) is 19.2 Å². The Kier molecular flexibility index (Phi) is 3.45. The van der Waals surface area contributed by atoms with Gasteiger partial charge in [-0.05, 0) is 6.07 Å². The molecule has 6 nitrogen and oxygen atoms in total. The molecule has 1 N–H and O–H groups in total. The third kappa shape index (κ3) is 2.58. The summed E-state index contributed by atoms with van der Waals surface area (Å²) in [6.07, 6.45) is 1.46. The van der Waals surface area contributed by atoms with Crippen molar-refractivity contribution in [2.75, 3.05) is 26.2 Å². The van der Waals surface area contributed by atoms with E-state index in [0.29, 0.717) is 31.7 Å². The molecule has 0 saturated carbocycles. The molecule has 2 heterocycles. The Morgan fingerprint density at radius 3 is 2.33 bits per heavy atom. The first-order valence-corrected chi connectivity index (χ1v) is 5.81. The lowest BCUT2D eigenvalue weighted by atomic mass is 10.2. The Balaban J connectivity index is 2.04. The van der Waals surface area contributed by atoms with E-state index in [0.717, 1.165) is 0 Å². The van der Waals surface area contributed by atoms with Crippen LogP contribution in [0.4, 0.5) is 0 Å². The largest absolute Gasteiger partial charge is 0.339 e. The van der Waals surface area contributed by atoms with Gasteiger partial charge in [-0.1, -0.05) is 0 Å². The van der Waals surface area contributed by atoms with Gasteiger partial charge in [0.25, 0.3) is 5.91 Å². The number of nitrogens with zero attached hydrogens (tertiary/aromatic N) is 2. The van der Waals surface area contributed by atoms with Crippen LogP contribution in [0.15, 0.2) is 23.1 Å². The van der Waals surface area contributed by atoms with Gasteiger partial charge < -0.3 is 14.8 Å². The lowest BCUT2D eigenvalue weighted by Crippen LogP contribution is -2.50. The number of H-pyrrole nitrogens is 1. The minimum Gasteiger partial charge on any atom is -0.339 e. The average Bonchev–Trinajstić information content (AvgIpc) is 2.38. The minimum absolute atomic E-state index is 0.0262. The van der Waals surface area contributed by atoms with E-state index in [4.69, 9.17) is 0 Å². The van der Waals surface area contributed by atoms with Gasteiger partial charge >= 0.3 is 0 Å². The normalized spacial score (nSPS) is 15.6. The fourth-order valence-electron chi connectivity index (χ4n) is 1.98. The number of nitrogens with one attached hydrogen (secondary N) is 1. The van der Waals surface area contributed by atoms with Crippen LogP contribution in [0.2, 0.25) is 0 Å². The summed E-state index contributed by atoms with van der Waals surface area (Å²) in [5.74, 6) is -0.137. The third-order valence-electron chi connectivity index (χ3n) is 3.03. The van der Waals surface area contributed by atoms with Crippen molar-refractivity contribution < 1.29 is 9.59 Å². The van der Waals surface area contributed by atoms with E-state index >= 15 is 0 Å².